The maximum Gasteiger partial charge on any atom is 0.247 e. The van der Waals surface area contributed by atoms with Crippen molar-refractivity contribution >= 4 is 51.5 Å². The highest BCUT2D eigenvalue weighted by Crippen LogP contribution is 2.35. The molecule has 1 atom stereocenters. The minimum atomic E-state index is -0.714. The molecule has 10 nitrogen and oxygen atoms in total. The summed E-state index contributed by atoms with van der Waals surface area (Å²) in [5.74, 6) is 0.486. The van der Waals surface area contributed by atoms with Gasteiger partial charge in [-0.1, -0.05) is 24.2 Å². The van der Waals surface area contributed by atoms with Crippen LogP contribution in [0.3, 0.4) is 0 Å². The van der Waals surface area contributed by atoms with Crippen molar-refractivity contribution in [2.24, 2.45) is 0 Å². The van der Waals surface area contributed by atoms with Gasteiger partial charge in [-0.3, -0.25) is 14.6 Å². The number of pyridine rings is 1. The number of nitrogens with one attached hydrogen (secondary N) is 2. The van der Waals surface area contributed by atoms with Crippen LogP contribution in [0.2, 0.25) is 5.02 Å². The molecule has 42 heavy (non-hydrogen) atoms. The molecule has 1 saturated heterocycles. The summed E-state index contributed by atoms with van der Waals surface area (Å²) in [5, 5.41) is 7.05. The van der Waals surface area contributed by atoms with E-state index in [0.29, 0.717) is 58.3 Å². The Labute approximate surface area is 246 Å². The summed E-state index contributed by atoms with van der Waals surface area (Å²) >= 11 is 6.49. The van der Waals surface area contributed by atoms with Crippen molar-refractivity contribution in [3.8, 4) is 11.5 Å². The zero-order valence-electron chi connectivity index (χ0n) is 22.6. The Morgan fingerprint density at radius 2 is 2.00 bits per heavy atom. The lowest BCUT2D eigenvalue weighted by atomic mass is 10.1. The Morgan fingerprint density at radius 3 is 2.76 bits per heavy atom. The number of aromatic nitrogens is 3. The molecule has 2 aromatic heterocycles. The summed E-state index contributed by atoms with van der Waals surface area (Å²) in [6.07, 6.45) is 5.47. The van der Waals surface area contributed by atoms with Gasteiger partial charge in [-0.05, 0) is 55.3 Å². The lowest BCUT2D eigenvalue weighted by molar-refractivity contribution is -0.132. The molecule has 1 aliphatic heterocycles. The molecule has 0 spiro atoms. The molecule has 216 valence electrons. The van der Waals surface area contributed by atoms with E-state index >= 15 is 0 Å². The van der Waals surface area contributed by atoms with Crippen molar-refractivity contribution in [2.75, 3.05) is 30.5 Å². The molecule has 2 aromatic carbocycles. The molecular weight excluding hydrogens is 563 g/mol. The molecule has 0 saturated carbocycles. The van der Waals surface area contributed by atoms with Gasteiger partial charge in [0, 0.05) is 29.9 Å². The molecule has 12 heteroatoms. The number of alkyl halides is 1. The third kappa shape index (κ3) is 6.58. The normalized spacial score (nSPS) is 14.4. The summed E-state index contributed by atoms with van der Waals surface area (Å²) in [7, 11) is 0. The third-order valence-corrected chi connectivity index (χ3v) is 6.93. The van der Waals surface area contributed by atoms with E-state index in [4.69, 9.17) is 21.1 Å². The fraction of sp³-hybridized carbons (Fsp3) is 0.233. The Balaban J connectivity index is 1.40. The highest BCUT2D eigenvalue weighted by atomic mass is 35.5. The van der Waals surface area contributed by atoms with Gasteiger partial charge in [0.05, 0.1) is 21.9 Å². The molecule has 1 fully saturated rings. The fourth-order valence-electron chi connectivity index (χ4n) is 4.65. The predicted octanol–water partition coefficient (Wildman–Crippen LogP) is 5.46. The number of rotatable bonds is 11. The number of carbonyl (C=O) groups is 2. The van der Waals surface area contributed by atoms with Crippen LogP contribution in [-0.4, -0.2) is 57.5 Å². The molecule has 0 radical (unpaired) electrons. The zero-order chi connectivity index (χ0) is 29.5. The third-order valence-electron chi connectivity index (χ3n) is 6.64. The summed E-state index contributed by atoms with van der Waals surface area (Å²) in [6.45, 7) is 3.34. The first-order valence-corrected chi connectivity index (χ1v) is 13.7. The van der Waals surface area contributed by atoms with E-state index in [1.807, 2.05) is 18.2 Å². The number of likely N-dealkylation sites (tertiary alicyclic amines) is 1. The van der Waals surface area contributed by atoms with Crippen LogP contribution < -0.4 is 20.1 Å². The first kappa shape index (κ1) is 28.7. The van der Waals surface area contributed by atoms with Gasteiger partial charge >= 0.3 is 0 Å². The number of fused-ring (bicyclic) bond motifs is 1. The van der Waals surface area contributed by atoms with Crippen LogP contribution in [0.15, 0.2) is 73.7 Å². The predicted molar refractivity (Wildman–Crippen MR) is 158 cm³/mol. The van der Waals surface area contributed by atoms with Gasteiger partial charge in [-0.2, -0.15) is 0 Å². The van der Waals surface area contributed by atoms with Crippen molar-refractivity contribution in [3.05, 3.63) is 84.4 Å². The topological polar surface area (TPSA) is 119 Å². The average Bonchev–Trinajstić information content (AvgIpc) is 3.50. The molecule has 0 bridgehead atoms. The number of halogens is 2. The van der Waals surface area contributed by atoms with E-state index in [1.165, 1.54) is 17.3 Å². The largest absolute Gasteiger partial charge is 0.489 e. The second-order valence-corrected chi connectivity index (χ2v) is 9.80. The summed E-state index contributed by atoms with van der Waals surface area (Å²) < 4.78 is 24.4. The van der Waals surface area contributed by atoms with Crippen molar-refractivity contribution in [1.82, 2.24) is 19.9 Å². The standard InChI is InChI=1S/C30H28ClFN6O4/c1-2-28(39)38-12-5-7-25(38)30(40)37-24-15-21-23(16-27(24)41-13-10-32)34-18-35-29(21)36-19-8-9-26(22(31)14-19)42-17-20-6-3-4-11-33-20/h2-4,6,8-9,11,14-16,18,25H,1,5,7,10,12-13,17H2,(H,37,40)(H,34,35,36). The minimum absolute atomic E-state index is 0.206. The molecule has 2 N–H and O–H groups in total. The lowest BCUT2D eigenvalue weighted by Crippen LogP contribution is -2.42. The van der Waals surface area contributed by atoms with Gasteiger partial charge in [0.15, 0.2) is 0 Å². The average molecular weight is 591 g/mol. The van der Waals surface area contributed by atoms with Crippen LogP contribution in [0, 0.1) is 0 Å². The van der Waals surface area contributed by atoms with Gasteiger partial charge in [0.25, 0.3) is 0 Å². The van der Waals surface area contributed by atoms with Crippen LogP contribution >= 0.6 is 11.6 Å². The van der Waals surface area contributed by atoms with E-state index in [-0.39, 0.29) is 30.8 Å². The van der Waals surface area contributed by atoms with Crippen molar-refractivity contribution in [1.29, 1.82) is 0 Å². The molecular formula is C30H28ClFN6O4. The number of hydrogen-bond acceptors (Lipinski definition) is 8. The van der Waals surface area contributed by atoms with Crippen molar-refractivity contribution in [2.45, 2.75) is 25.5 Å². The Bertz CT molecular complexity index is 1610. The number of benzene rings is 2. The number of amides is 2. The Morgan fingerprint density at radius 1 is 1.12 bits per heavy atom. The van der Waals surface area contributed by atoms with E-state index in [2.05, 4.69) is 32.2 Å². The molecule has 4 aromatic rings. The fourth-order valence-corrected chi connectivity index (χ4v) is 4.89. The van der Waals surface area contributed by atoms with E-state index < -0.39 is 12.7 Å². The number of anilines is 3. The van der Waals surface area contributed by atoms with E-state index in [9.17, 15) is 14.0 Å². The lowest BCUT2D eigenvalue weighted by Gasteiger charge is -2.23. The smallest absolute Gasteiger partial charge is 0.247 e. The van der Waals surface area contributed by atoms with Crippen LogP contribution in [0.4, 0.5) is 21.6 Å². The first-order chi connectivity index (χ1) is 20.5. The minimum Gasteiger partial charge on any atom is -0.489 e. The van der Waals surface area contributed by atoms with Crippen LogP contribution in [0.1, 0.15) is 18.5 Å². The van der Waals surface area contributed by atoms with Crippen molar-refractivity contribution in [3.63, 3.8) is 0 Å². The Kier molecular flexibility index (Phi) is 9.08. The van der Waals surface area contributed by atoms with Crippen LogP contribution in [-0.2, 0) is 16.2 Å². The zero-order valence-corrected chi connectivity index (χ0v) is 23.3. The maximum atomic E-state index is 13.3. The Hall–Kier alpha value is -4.77. The number of ether oxygens (including phenoxy) is 2. The quantitative estimate of drug-likeness (QED) is 0.221. The highest BCUT2D eigenvalue weighted by Gasteiger charge is 2.33. The highest BCUT2D eigenvalue weighted by molar-refractivity contribution is 6.32. The number of carbonyl (C=O) groups excluding carboxylic acids is 2. The van der Waals surface area contributed by atoms with Crippen LogP contribution in [0.25, 0.3) is 10.9 Å². The SMILES string of the molecule is C=CC(=O)N1CCCC1C(=O)Nc1cc2c(Nc3ccc(OCc4ccccn4)c(Cl)c3)ncnc2cc1OCCF. The summed E-state index contributed by atoms with van der Waals surface area (Å²) in [6, 6.07) is 13.4. The van der Waals surface area contributed by atoms with Gasteiger partial charge in [-0.25, -0.2) is 14.4 Å². The second-order valence-electron chi connectivity index (χ2n) is 9.39. The number of hydrogen-bond donors (Lipinski definition) is 2. The molecule has 3 heterocycles. The molecule has 5 rings (SSSR count). The first-order valence-electron chi connectivity index (χ1n) is 13.3. The molecule has 1 unspecified atom stereocenters. The van der Waals surface area contributed by atoms with Gasteiger partial charge < -0.3 is 25.0 Å². The van der Waals surface area contributed by atoms with E-state index in [0.717, 1.165) is 5.69 Å². The molecule has 1 aliphatic rings. The number of nitrogens with zero attached hydrogens (tertiary/aromatic N) is 4. The van der Waals surface area contributed by atoms with Crippen molar-refractivity contribution < 1.29 is 23.5 Å². The summed E-state index contributed by atoms with van der Waals surface area (Å²) in [4.78, 5) is 39.9. The van der Waals surface area contributed by atoms with Gasteiger partial charge in [0.2, 0.25) is 11.8 Å². The monoisotopic (exact) mass is 590 g/mol. The summed E-state index contributed by atoms with van der Waals surface area (Å²) in [5.41, 5.74) is 2.21. The molecule has 2 amide bonds. The van der Waals surface area contributed by atoms with Crippen LogP contribution in [0.5, 0.6) is 11.5 Å². The van der Waals surface area contributed by atoms with Gasteiger partial charge in [-0.15, -0.1) is 0 Å². The molecule has 0 aliphatic carbocycles. The second kappa shape index (κ2) is 13.3. The van der Waals surface area contributed by atoms with Gasteiger partial charge in [0.1, 0.15) is 49.6 Å². The maximum absolute atomic E-state index is 13.3. The van der Waals surface area contributed by atoms with E-state index in [1.54, 1.807) is 36.5 Å².